The third-order valence-electron chi connectivity index (χ3n) is 3.93. The van der Waals surface area contributed by atoms with Crippen LogP contribution in [0.3, 0.4) is 0 Å². The second-order valence-electron chi connectivity index (χ2n) is 6.06. The lowest BCUT2D eigenvalue weighted by atomic mass is 9.76. The monoisotopic (exact) mass is 350 g/mol. The van der Waals surface area contributed by atoms with E-state index in [0.29, 0.717) is 19.4 Å². The van der Waals surface area contributed by atoms with Gasteiger partial charge in [-0.25, -0.2) is 0 Å². The molecule has 1 atom stereocenters. The van der Waals surface area contributed by atoms with Crippen molar-refractivity contribution < 1.29 is 9.53 Å². The lowest BCUT2D eigenvalue weighted by Crippen LogP contribution is -2.33. The van der Waals surface area contributed by atoms with Gasteiger partial charge in [0.25, 0.3) is 0 Å². The first-order valence-corrected chi connectivity index (χ1v) is 7.55. The minimum atomic E-state index is -0.293. The Morgan fingerprint density at radius 2 is 2.38 bits per heavy atom. The topological polar surface area (TPSA) is 87.1 Å². The van der Waals surface area contributed by atoms with Gasteiger partial charge in [0.15, 0.2) is 0 Å². The van der Waals surface area contributed by atoms with E-state index in [0.717, 1.165) is 27.0 Å². The largest absolute Gasteiger partial charge is 0.489 e. The molecule has 0 radical (unpaired) electrons. The minimum absolute atomic E-state index is 0.0109. The first-order chi connectivity index (χ1) is 9.92. The van der Waals surface area contributed by atoms with Gasteiger partial charge >= 0.3 is 0 Å². The molecule has 1 aromatic rings. The smallest absolute Gasteiger partial charge is 0.225 e. The maximum absolute atomic E-state index is 11.9. The molecule has 0 aromatic heterocycles. The predicted molar refractivity (Wildman–Crippen MR) is 82.5 cm³/mol. The summed E-state index contributed by atoms with van der Waals surface area (Å²) in [5.41, 5.74) is 11.0. The van der Waals surface area contributed by atoms with E-state index >= 15 is 0 Å². The number of benzene rings is 1. The highest BCUT2D eigenvalue weighted by Crippen LogP contribution is 2.50. The fraction of sp³-hybridized carbons (Fsp3) is 0.500. The van der Waals surface area contributed by atoms with E-state index in [1.54, 1.807) is 0 Å². The molecule has 110 valence electrons. The number of carbonyl (C=O) groups is 1. The van der Waals surface area contributed by atoms with E-state index in [-0.39, 0.29) is 17.4 Å². The molecule has 0 spiro atoms. The van der Waals surface area contributed by atoms with Crippen molar-refractivity contribution in [2.45, 2.75) is 38.2 Å². The highest BCUT2D eigenvalue weighted by Gasteiger charge is 2.39. The van der Waals surface area contributed by atoms with Crippen LogP contribution in [-0.4, -0.2) is 18.6 Å². The summed E-state index contributed by atoms with van der Waals surface area (Å²) in [6, 6.07) is 1.98. The Morgan fingerprint density at radius 3 is 3.10 bits per heavy atom. The molecule has 0 fully saturated rings. The van der Waals surface area contributed by atoms with Gasteiger partial charge in [0, 0.05) is 33.2 Å². The predicted octanol–water partition coefficient (Wildman–Crippen LogP) is 3.68. The molecule has 3 rings (SSSR count). The van der Waals surface area contributed by atoms with Crippen molar-refractivity contribution in [1.29, 1.82) is 0 Å². The van der Waals surface area contributed by atoms with Crippen LogP contribution in [0.15, 0.2) is 15.7 Å². The first kappa shape index (κ1) is 14.2. The van der Waals surface area contributed by atoms with Crippen molar-refractivity contribution in [2.24, 2.45) is 5.11 Å². The molecule has 1 amide bonds. The zero-order valence-corrected chi connectivity index (χ0v) is 13.4. The van der Waals surface area contributed by atoms with E-state index < -0.39 is 0 Å². The van der Waals surface area contributed by atoms with Crippen LogP contribution in [0.1, 0.15) is 31.4 Å². The van der Waals surface area contributed by atoms with Gasteiger partial charge < -0.3 is 10.1 Å². The third kappa shape index (κ3) is 2.36. The quantitative estimate of drug-likeness (QED) is 0.500. The van der Waals surface area contributed by atoms with Gasteiger partial charge in [-0.05, 0) is 33.1 Å². The second-order valence-corrected chi connectivity index (χ2v) is 6.92. The number of ether oxygens (including phenoxy) is 1. The van der Waals surface area contributed by atoms with E-state index in [1.807, 2.05) is 19.9 Å². The van der Waals surface area contributed by atoms with Crippen molar-refractivity contribution in [3.8, 4) is 5.75 Å². The van der Waals surface area contributed by atoms with Gasteiger partial charge in [0.1, 0.15) is 11.9 Å². The SMILES string of the molecule is CC1(C)CC(=O)Nc2c(Br)cc3c(c21)OC(CN=[N+]=[N-])C3. The van der Waals surface area contributed by atoms with Crippen LogP contribution in [0.25, 0.3) is 10.4 Å². The van der Waals surface area contributed by atoms with Crippen LogP contribution in [0.5, 0.6) is 5.75 Å². The minimum Gasteiger partial charge on any atom is -0.489 e. The number of amides is 1. The first-order valence-electron chi connectivity index (χ1n) is 6.75. The average molecular weight is 351 g/mol. The van der Waals surface area contributed by atoms with Crippen LogP contribution in [0, 0.1) is 0 Å². The fourth-order valence-corrected chi connectivity index (χ4v) is 3.67. The molecule has 0 aliphatic carbocycles. The van der Waals surface area contributed by atoms with Crippen LogP contribution in [0.4, 0.5) is 5.69 Å². The van der Waals surface area contributed by atoms with E-state index in [2.05, 4.69) is 31.3 Å². The van der Waals surface area contributed by atoms with Gasteiger partial charge in [0.05, 0.1) is 12.2 Å². The van der Waals surface area contributed by atoms with Gasteiger partial charge in [-0.1, -0.05) is 19.0 Å². The van der Waals surface area contributed by atoms with Crippen LogP contribution in [-0.2, 0) is 16.6 Å². The summed E-state index contributed by atoms with van der Waals surface area (Å²) in [4.78, 5) is 14.7. The van der Waals surface area contributed by atoms with Crippen molar-refractivity contribution in [3.05, 3.63) is 32.1 Å². The maximum Gasteiger partial charge on any atom is 0.225 e. The number of hydrogen-bond acceptors (Lipinski definition) is 3. The summed E-state index contributed by atoms with van der Waals surface area (Å²) in [5, 5.41) is 6.52. The molecule has 0 bridgehead atoms. The summed E-state index contributed by atoms with van der Waals surface area (Å²) in [5.74, 6) is 0.841. The van der Waals surface area contributed by atoms with Crippen molar-refractivity contribution in [2.75, 3.05) is 11.9 Å². The highest BCUT2D eigenvalue weighted by atomic mass is 79.9. The van der Waals surface area contributed by atoms with Gasteiger partial charge in [0.2, 0.25) is 5.91 Å². The zero-order valence-electron chi connectivity index (χ0n) is 11.8. The summed E-state index contributed by atoms with van der Waals surface area (Å²) in [6.07, 6.45) is 1.00. The molecule has 0 saturated carbocycles. The molecule has 7 heteroatoms. The van der Waals surface area contributed by atoms with Gasteiger partial charge in [-0.2, -0.15) is 0 Å². The second kappa shape index (κ2) is 4.93. The molecule has 6 nitrogen and oxygen atoms in total. The summed E-state index contributed by atoms with van der Waals surface area (Å²) in [7, 11) is 0. The number of anilines is 1. The Balaban J connectivity index is 2.09. The number of rotatable bonds is 2. The van der Waals surface area contributed by atoms with Crippen LogP contribution >= 0.6 is 15.9 Å². The molecule has 1 unspecified atom stereocenters. The molecule has 21 heavy (non-hydrogen) atoms. The number of carbonyl (C=O) groups excluding carboxylic acids is 1. The lowest BCUT2D eigenvalue weighted by Gasteiger charge is -2.34. The summed E-state index contributed by atoms with van der Waals surface area (Å²) < 4.78 is 6.86. The number of nitrogens with zero attached hydrogens (tertiary/aromatic N) is 3. The third-order valence-corrected chi connectivity index (χ3v) is 4.56. The fourth-order valence-electron chi connectivity index (χ4n) is 3.09. The van der Waals surface area contributed by atoms with Gasteiger partial charge in [-0.15, -0.1) is 0 Å². The number of azide groups is 1. The Bertz CT molecular complexity index is 680. The number of halogens is 1. The molecular weight excluding hydrogens is 336 g/mol. The zero-order chi connectivity index (χ0) is 15.2. The molecular formula is C14H15BrN4O2. The highest BCUT2D eigenvalue weighted by molar-refractivity contribution is 9.10. The van der Waals surface area contributed by atoms with E-state index in [1.165, 1.54) is 0 Å². The molecule has 1 aromatic carbocycles. The molecule has 2 heterocycles. The number of fused-ring (bicyclic) bond motifs is 3. The standard InChI is InChI=1S/C14H15BrN4O2/c1-14(2)5-10(20)18-12-9(15)4-7-3-8(6-17-19-16)21-13(7)11(12)14/h4,8H,3,5-6H2,1-2H3,(H,18,20). The normalized spacial score (nSPS) is 21.7. The van der Waals surface area contributed by atoms with Crippen LogP contribution in [0.2, 0.25) is 0 Å². The Morgan fingerprint density at radius 1 is 1.62 bits per heavy atom. The average Bonchev–Trinajstić information content (AvgIpc) is 2.77. The van der Waals surface area contributed by atoms with Crippen LogP contribution < -0.4 is 10.1 Å². The molecule has 0 saturated heterocycles. The Labute approximate surface area is 130 Å². The van der Waals surface area contributed by atoms with Crippen molar-refractivity contribution >= 4 is 27.5 Å². The number of nitrogens with one attached hydrogen (secondary N) is 1. The van der Waals surface area contributed by atoms with E-state index in [4.69, 9.17) is 10.3 Å². The maximum atomic E-state index is 11.9. The Hall–Kier alpha value is -1.72. The van der Waals surface area contributed by atoms with Crippen molar-refractivity contribution in [3.63, 3.8) is 0 Å². The molecule has 1 N–H and O–H groups in total. The van der Waals surface area contributed by atoms with E-state index in [9.17, 15) is 4.79 Å². The van der Waals surface area contributed by atoms with Gasteiger partial charge in [-0.3, -0.25) is 4.79 Å². The van der Waals surface area contributed by atoms with Crippen molar-refractivity contribution in [1.82, 2.24) is 0 Å². The summed E-state index contributed by atoms with van der Waals surface area (Å²) >= 11 is 3.54. The molecule has 2 aliphatic heterocycles. The Kier molecular flexibility index (Phi) is 3.34. The summed E-state index contributed by atoms with van der Waals surface area (Å²) in [6.45, 7) is 4.40. The lowest BCUT2D eigenvalue weighted by molar-refractivity contribution is -0.117. The number of hydrogen-bond donors (Lipinski definition) is 1. The molecule has 2 aliphatic rings.